The molecule has 1 heterocycles. The smallest absolute Gasteiger partial charge is 0.292 e. The molecule has 1 aliphatic carbocycles. The topological polar surface area (TPSA) is 168 Å². The average molecular weight is 449 g/mol. The second-order valence-corrected chi connectivity index (χ2v) is 8.92. The molecule has 0 bridgehead atoms. The highest BCUT2D eigenvalue weighted by molar-refractivity contribution is 5.66. The van der Waals surface area contributed by atoms with Gasteiger partial charge in [0.15, 0.2) is 0 Å². The molecule has 11 heteroatoms. The number of hydrogen-bond acceptors (Lipinski definition) is 8. The molecule has 3 rings (SSSR count). The Labute approximate surface area is 186 Å². The second-order valence-electron chi connectivity index (χ2n) is 8.92. The van der Waals surface area contributed by atoms with Gasteiger partial charge in [-0.05, 0) is 42.8 Å². The van der Waals surface area contributed by atoms with Crippen molar-refractivity contribution in [3.63, 3.8) is 0 Å². The Bertz CT molecular complexity index is 813. The summed E-state index contributed by atoms with van der Waals surface area (Å²) in [6.45, 7) is 2.25. The van der Waals surface area contributed by atoms with E-state index in [1.54, 1.807) is 12.1 Å². The fraction of sp³-hybridized carbons (Fsp3) is 0.714. The summed E-state index contributed by atoms with van der Waals surface area (Å²) in [5.74, 6) is 1.20. The predicted molar refractivity (Wildman–Crippen MR) is 120 cm³/mol. The van der Waals surface area contributed by atoms with Gasteiger partial charge in [-0.25, -0.2) is 0 Å². The first kappa shape index (κ1) is 24.2. The van der Waals surface area contributed by atoms with Gasteiger partial charge in [0.2, 0.25) is 0 Å². The van der Waals surface area contributed by atoms with E-state index in [1.807, 2.05) is 4.90 Å². The molecule has 32 heavy (non-hydrogen) atoms. The molecule has 0 spiro atoms. The number of rotatable bonds is 9. The highest BCUT2D eigenvalue weighted by Crippen LogP contribution is 2.34. The van der Waals surface area contributed by atoms with Gasteiger partial charge in [0.05, 0.1) is 17.1 Å². The number of β-amino-alcohol motifs (C(OH)–C–C–N with tert-alkyl or cyclic N) is 2. The standard InChI is InChI=1S/C21H32N6O5/c22-25-24-16-5-6-17(18(11-16)27(31)32)23-9-7-14-1-3-15(4-2-14)8-10-26-12-19(28)21(30)20(29)13-26/h5-6,11,14-15,19-21,23,28-30H,1-4,7-10,12-13H2. The number of benzene rings is 1. The maximum atomic E-state index is 11.3. The van der Waals surface area contributed by atoms with Crippen molar-refractivity contribution in [3.8, 4) is 0 Å². The first-order valence-corrected chi connectivity index (χ1v) is 11.2. The van der Waals surface area contributed by atoms with E-state index in [0.717, 1.165) is 45.1 Å². The molecule has 176 valence electrons. The lowest BCUT2D eigenvalue weighted by Crippen LogP contribution is -2.55. The third-order valence-corrected chi connectivity index (χ3v) is 6.71. The molecule has 1 aliphatic heterocycles. The van der Waals surface area contributed by atoms with Gasteiger partial charge < -0.3 is 20.6 Å². The quantitative estimate of drug-likeness (QED) is 0.148. The number of nitrogens with zero attached hydrogens (tertiary/aromatic N) is 5. The minimum atomic E-state index is -1.05. The van der Waals surface area contributed by atoms with Gasteiger partial charge >= 0.3 is 0 Å². The molecule has 1 aromatic carbocycles. The maximum absolute atomic E-state index is 11.3. The molecule has 1 saturated heterocycles. The summed E-state index contributed by atoms with van der Waals surface area (Å²) in [4.78, 5) is 15.5. The van der Waals surface area contributed by atoms with Crippen LogP contribution in [0.4, 0.5) is 17.1 Å². The van der Waals surface area contributed by atoms with E-state index < -0.39 is 23.2 Å². The molecule has 1 saturated carbocycles. The monoisotopic (exact) mass is 448 g/mol. The Balaban J connectivity index is 1.38. The third-order valence-electron chi connectivity index (χ3n) is 6.71. The Kier molecular flexibility index (Phi) is 8.66. The lowest BCUT2D eigenvalue weighted by Gasteiger charge is -2.38. The van der Waals surface area contributed by atoms with E-state index in [1.165, 1.54) is 6.07 Å². The lowest BCUT2D eigenvalue weighted by molar-refractivity contribution is -0.383. The number of anilines is 1. The first-order chi connectivity index (χ1) is 15.4. The van der Waals surface area contributed by atoms with Gasteiger partial charge in [-0.15, -0.1) is 0 Å². The second kappa shape index (κ2) is 11.4. The van der Waals surface area contributed by atoms with Crippen molar-refractivity contribution in [1.82, 2.24) is 4.90 Å². The Morgan fingerprint density at radius 2 is 1.75 bits per heavy atom. The molecule has 0 radical (unpaired) electrons. The molecular formula is C21H32N6O5. The molecule has 2 unspecified atom stereocenters. The fourth-order valence-electron chi connectivity index (χ4n) is 4.78. The molecular weight excluding hydrogens is 416 g/mol. The molecule has 0 amide bonds. The van der Waals surface area contributed by atoms with Gasteiger partial charge in [0.25, 0.3) is 5.69 Å². The maximum Gasteiger partial charge on any atom is 0.292 e. The van der Waals surface area contributed by atoms with Crippen molar-refractivity contribution in [1.29, 1.82) is 0 Å². The van der Waals surface area contributed by atoms with Crippen LogP contribution in [-0.2, 0) is 0 Å². The van der Waals surface area contributed by atoms with Crippen LogP contribution in [0, 0.1) is 22.0 Å². The van der Waals surface area contributed by atoms with Crippen LogP contribution >= 0.6 is 0 Å². The number of aliphatic hydroxyl groups excluding tert-OH is 3. The Morgan fingerprint density at radius 3 is 2.34 bits per heavy atom. The third kappa shape index (κ3) is 6.54. The van der Waals surface area contributed by atoms with Gasteiger partial charge in [-0.2, -0.15) is 0 Å². The van der Waals surface area contributed by atoms with E-state index in [9.17, 15) is 25.4 Å². The number of aliphatic hydroxyl groups is 3. The van der Waals surface area contributed by atoms with E-state index in [4.69, 9.17) is 5.53 Å². The summed E-state index contributed by atoms with van der Waals surface area (Å²) in [6.07, 6.45) is 3.61. The summed E-state index contributed by atoms with van der Waals surface area (Å²) >= 11 is 0. The Morgan fingerprint density at radius 1 is 1.12 bits per heavy atom. The highest BCUT2D eigenvalue weighted by atomic mass is 16.6. The molecule has 0 aromatic heterocycles. The van der Waals surface area contributed by atoms with E-state index in [0.29, 0.717) is 37.2 Å². The van der Waals surface area contributed by atoms with Crippen molar-refractivity contribution >= 4 is 17.1 Å². The number of hydrogen-bond donors (Lipinski definition) is 4. The summed E-state index contributed by atoms with van der Waals surface area (Å²) in [5, 5.41) is 47.2. The predicted octanol–water partition coefficient (Wildman–Crippen LogP) is 2.93. The van der Waals surface area contributed by atoms with Crippen molar-refractivity contribution < 1.29 is 20.2 Å². The lowest BCUT2D eigenvalue weighted by atomic mass is 9.79. The highest BCUT2D eigenvalue weighted by Gasteiger charge is 2.33. The summed E-state index contributed by atoms with van der Waals surface area (Å²) in [5.41, 5.74) is 9.04. The number of nitro groups is 1. The largest absolute Gasteiger partial charge is 0.389 e. The van der Waals surface area contributed by atoms with Crippen LogP contribution in [0.2, 0.25) is 0 Å². The van der Waals surface area contributed by atoms with E-state index in [-0.39, 0.29) is 11.4 Å². The van der Waals surface area contributed by atoms with E-state index in [2.05, 4.69) is 15.3 Å². The first-order valence-electron chi connectivity index (χ1n) is 11.2. The molecule has 11 nitrogen and oxygen atoms in total. The normalized spacial score (nSPS) is 28.7. The van der Waals surface area contributed by atoms with Crippen LogP contribution in [-0.4, -0.2) is 69.6 Å². The SMILES string of the molecule is [N-]=[N+]=Nc1ccc(NCCC2CCC(CCN3CC(O)C(O)C(O)C3)CC2)c([N+](=O)[O-])c1. The molecule has 4 N–H and O–H groups in total. The van der Waals surface area contributed by atoms with Crippen molar-refractivity contribution in [2.75, 3.05) is 31.5 Å². The van der Waals surface area contributed by atoms with Crippen molar-refractivity contribution in [2.45, 2.75) is 56.8 Å². The minimum absolute atomic E-state index is 0.0981. The number of likely N-dealkylation sites (tertiary alicyclic amines) is 1. The number of nitrogens with one attached hydrogen (secondary N) is 1. The zero-order chi connectivity index (χ0) is 23.1. The summed E-state index contributed by atoms with van der Waals surface area (Å²) in [6, 6.07) is 4.40. The average Bonchev–Trinajstić information content (AvgIpc) is 2.77. The van der Waals surface area contributed by atoms with Gasteiger partial charge in [-0.1, -0.05) is 36.9 Å². The van der Waals surface area contributed by atoms with Gasteiger partial charge in [-0.3, -0.25) is 15.0 Å². The Hall–Kier alpha value is -2.43. The van der Waals surface area contributed by atoms with Gasteiger partial charge in [0, 0.05) is 36.3 Å². The van der Waals surface area contributed by atoms with Crippen LogP contribution in [0.15, 0.2) is 23.3 Å². The fourth-order valence-corrected chi connectivity index (χ4v) is 4.78. The van der Waals surface area contributed by atoms with Crippen LogP contribution in [0.5, 0.6) is 0 Å². The van der Waals surface area contributed by atoms with Crippen molar-refractivity contribution in [2.24, 2.45) is 17.0 Å². The van der Waals surface area contributed by atoms with Crippen LogP contribution in [0.1, 0.15) is 38.5 Å². The zero-order valence-corrected chi connectivity index (χ0v) is 18.1. The number of nitro benzene ring substituents is 1. The van der Waals surface area contributed by atoms with Crippen molar-refractivity contribution in [3.05, 3.63) is 38.8 Å². The molecule has 2 atom stereocenters. The van der Waals surface area contributed by atoms with Crippen LogP contribution in [0.25, 0.3) is 10.4 Å². The van der Waals surface area contributed by atoms with Crippen LogP contribution < -0.4 is 5.32 Å². The minimum Gasteiger partial charge on any atom is -0.389 e. The number of azide groups is 1. The van der Waals surface area contributed by atoms with Gasteiger partial charge in [0.1, 0.15) is 11.8 Å². The van der Waals surface area contributed by atoms with E-state index >= 15 is 0 Å². The van der Waals surface area contributed by atoms with Crippen LogP contribution in [0.3, 0.4) is 0 Å². The molecule has 2 fully saturated rings. The summed E-state index contributed by atoms with van der Waals surface area (Å²) in [7, 11) is 0. The molecule has 2 aliphatic rings. The number of piperidine rings is 1. The zero-order valence-electron chi connectivity index (χ0n) is 18.1. The molecule has 1 aromatic rings. The summed E-state index contributed by atoms with van der Waals surface area (Å²) < 4.78 is 0.